The Hall–Kier alpha value is -1.23. The first-order valence-electron chi connectivity index (χ1n) is 4.51. The predicted molar refractivity (Wildman–Crippen MR) is 61.2 cm³/mol. The van der Waals surface area contributed by atoms with Crippen LogP contribution in [0.1, 0.15) is 11.6 Å². The van der Waals surface area contributed by atoms with E-state index in [-0.39, 0.29) is 0 Å². The number of halogens is 3. The lowest BCUT2D eigenvalue weighted by molar-refractivity contribution is -0.118. The number of nitrogens with one attached hydrogen (secondary N) is 1. The quantitative estimate of drug-likeness (QED) is 0.848. The van der Waals surface area contributed by atoms with Crippen LogP contribution in [0.5, 0.6) is 0 Å². The van der Waals surface area contributed by atoms with Crippen LogP contribution in [0.25, 0.3) is 0 Å². The van der Waals surface area contributed by atoms with E-state index in [9.17, 15) is 13.6 Å². The maximum absolute atomic E-state index is 12.7. The largest absolute Gasteiger partial charge is 0.340 e. The van der Waals surface area contributed by atoms with E-state index < -0.39 is 18.4 Å². The van der Waals surface area contributed by atoms with Gasteiger partial charge >= 0.3 is 0 Å². The molecule has 0 bridgehead atoms. The van der Waals surface area contributed by atoms with Crippen LogP contribution in [0.4, 0.5) is 8.78 Å². The zero-order chi connectivity index (χ0) is 12.1. The lowest BCUT2D eigenvalue weighted by Gasteiger charge is -2.17. The van der Waals surface area contributed by atoms with Gasteiger partial charge in [-0.05, 0) is 23.8 Å². The van der Waals surface area contributed by atoms with Gasteiger partial charge in [-0.15, -0.1) is 0 Å². The number of benzene rings is 1. The van der Waals surface area contributed by atoms with E-state index in [0.717, 1.165) is 10.5 Å². The Labute approximate surface area is 100 Å². The van der Waals surface area contributed by atoms with Crippen LogP contribution >= 0.6 is 15.9 Å². The van der Waals surface area contributed by atoms with Gasteiger partial charge in [0.15, 0.2) is 0 Å². The summed E-state index contributed by atoms with van der Waals surface area (Å²) >= 11 is 3.21. The number of amides is 1. The summed E-state index contributed by atoms with van der Waals surface area (Å²) in [5.74, 6) is -0.617. The third-order valence-corrected chi connectivity index (χ3v) is 2.49. The van der Waals surface area contributed by atoms with E-state index in [0.29, 0.717) is 5.56 Å². The minimum atomic E-state index is -2.66. The van der Waals surface area contributed by atoms with Crippen LogP contribution in [0.15, 0.2) is 41.4 Å². The molecule has 0 saturated carbocycles. The Kier molecular flexibility index (Phi) is 4.61. The first kappa shape index (κ1) is 12.8. The molecule has 0 aliphatic heterocycles. The van der Waals surface area contributed by atoms with Crippen molar-refractivity contribution < 1.29 is 13.6 Å². The van der Waals surface area contributed by atoms with Gasteiger partial charge in [-0.1, -0.05) is 34.6 Å². The van der Waals surface area contributed by atoms with Gasteiger partial charge in [0.2, 0.25) is 5.91 Å². The van der Waals surface area contributed by atoms with Gasteiger partial charge in [-0.2, -0.15) is 0 Å². The van der Waals surface area contributed by atoms with Crippen molar-refractivity contribution in [3.05, 3.63) is 47.0 Å². The van der Waals surface area contributed by atoms with E-state index in [1.807, 2.05) is 0 Å². The van der Waals surface area contributed by atoms with E-state index >= 15 is 0 Å². The molecule has 0 aliphatic carbocycles. The van der Waals surface area contributed by atoms with Crippen molar-refractivity contribution in [2.45, 2.75) is 12.5 Å². The Bertz CT molecular complexity index is 378. The molecule has 2 nitrogen and oxygen atoms in total. The summed E-state index contributed by atoms with van der Waals surface area (Å²) in [5, 5.41) is 2.18. The van der Waals surface area contributed by atoms with Crippen molar-refractivity contribution in [1.29, 1.82) is 0 Å². The molecule has 0 fully saturated rings. The Balaban J connectivity index is 2.89. The molecule has 0 aromatic heterocycles. The second-order valence-electron chi connectivity index (χ2n) is 3.08. The fraction of sp³-hybridized carbons (Fsp3) is 0.182. The molecule has 0 aliphatic rings. The monoisotopic (exact) mass is 289 g/mol. The number of hydrogen-bond acceptors (Lipinski definition) is 1. The number of carbonyl (C=O) groups excluding carboxylic acids is 1. The van der Waals surface area contributed by atoms with Crippen molar-refractivity contribution in [3.8, 4) is 0 Å². The molecular weight excluding hydrogens is 280 g/mol. The topological polar surface area (TPSA) is 29.1 Å². The van der Waals surface area contributed by atoms with E-state index in [2.05, 4.69) is 27.8 Å². The van der Waals surface area contributed by atoms with Crippen LogP contribution in [-0.2, 0) is 4.79 Å². The molecule has 1 N–H and O–H groups in total. The molecule has 0 saturated heterocycles. The fourth-order valence-corrected chi connectivity index (χ4v) is 1.44. The summed E-state index contributed by atoms with van der Waals surface area (Å²) in [6.45, 7) is 3.22. The lowest BCUT2D eigenvalue weighted by Crippen LogP contribution is -2.31. The molecule has 1 atom stereocenters. The van der Waals surface area contributed by atoms with Crippen LogP contribution in [0.3, 0.4) is 0 Å². The van der Waals surface area contributed by atoms with Crippen molar-refractivity contribution in [1.82, 2.24) is 5.32 Å². The van der Waals surface area contributed by atoms with Crippen molar-refractivity contribution in [3.63, 3.8) is 0 Å². The molecule has 86 valence electrons. The maximum Gasteiger partial charge on any atom is 0.262 e. The smallest absolute Gasteiger partial charge is 0.262 e. The van der Waals surface area contributed by atoms with Gasteiger partial charge in [0.05, 0.1) is 0 Å². The van der Waals surface area contributed by atoms with Crippen molar-refractivity contribution in [2.75, 3.05) is 0 Å². The van der Waals surface area contributed by atoms with Crippen LogP contribution in [0, 0.1) is 0 Å². The highest BCUT2D eigenvalue weighted by atomic mass is 79.9. The standard InChI is InChI=1S/C11H10BrF2NO/c1-2-9(16)15-10(11(13)14)7-3-5-8(12)6-4-7/h2-6,10-11H,1H2,(H,15,16)/t10-/m1/s1. The zero-order valence-corrected chi connectivity index (χ0v) is 9.88. The van der Waals surface area contributed by atoms with Crippen LogP contribution in [-0.4, -0.2) is 12.3 Å². The summed E-state index contributed by atoms with van der Waals surface area (Å²) in [6.07, 6.45) is -1.70. The van der Waals surface area contributed by atoms with Gasteiger partial charge < -0.3 is 5.32 Å². The van der Waals surface area contributed by atoms with E-state index in [4.69, 9.17) is 0 Å². The molecule has 0 radical (unpaired) electrons. The highest BCUT2D eigenvalue weighted by molar-refractivity contribution is 9.10. The van der Waals surface area contributed by atoms with Gasteiger partial charge in [0.1, 0.15) is 6.04 Å². The first-order valence-corrected chi connectivity index (χ1v) is 5.30. The second-order valence-corrected chi connectivity index (χ2v) is 3.99. The summed E-state index contributed by atoms with van der Waals surface area (Å²) < 4.78 is 26.2. The number of rotatable bonds is 4. The molecule has 5 heteroatoms. The van der Waals surface area contributed by atoms with Crippen LogP contribution in [0.2, 0.25) is 0 Å². The maximum atomic E-state index is 12.7. The van der Waals surface area contributed by atoms with E-state index in [1.54, 1.807) is 12.1 Å². The molecule has 1 rings (SSSR count). The number of carbonyl (C=O) groups is 1. The first-order chi connectivity index (χ1) is 7.54. The van der Waals surface area contributed by atoms with Gasteiger partial charge in [-0.25, -0.2) is 8.78 Å². The minimum absolute atomic E-state index is 0.355. The summed E-state index contributed by atoms with van der Waals surface area (Å²) in [7, 11) is 0. The van der Waals surface area contributed by atoms with Gasteiger partial charge in [0, 0.05) is 4.47 Å². The molecular formula is C11H10BrF2NO. The normalized spacial score (nSPS) is 12.2. The fourth-order valence-electron chi connectivity index (χ4n) is 1.17. The van der Waals surface area contributed by atoms with E-state index in [1.165, 1.54) is 12.1 Å². The van der Waals surface area contributed by atoms with Gasteiger partial charge in [0.25, 0.3) is 6.43 Å². The van der Waals surface area contributed by atoms with Crippen LogP contribution < -0.4 is 5.32 Å². The minimum Gasteiger partial charge on any atom is -0.340 e. The third-order valence-electron chi connectivity index (χ3n) is 1.96. The van der Waals surface area contributed by atoms with Gasteiger partial charge in [-0.3, -0.25) is 4.79 Å². The summed E-state index contributed by atoms with van der Waals surface area (Å²) in [4.78, 5) is 11.0. The van der Waals surface area contributed by atoms with Crippen molar-refractivity contribution >= 4 is 21.8 Å². The zero-order valence-electron chi connectivity index (χ0n) is 8.29. The molecule has 0 spiro atoms. The third kappa shape index (κ3) is 3.41. The Morgan fingerprint density at radius 3 is 2.38 bits per heavy atom. The highest BCUT2D eigenvalue weighted by Gasteiger charge is 2.23. The highest BCUT2D eigenvalue weighted by Crippen LogP contribution is 2.22. The summed E-state index contributed by atoms with van der Waals surface area (Å²) in [6, 6.07) is 5.04. The Morgan fingerprint density at radius 1 is 1.38 bits per heavy atom. The average molecular weight is 290 g/mol. The molecule has 1 aromatic rings. The predicted octanol–water partition coefficient (Wildman–Crippen LogP) is 3.06. The average Bonchev–Trinajstić information content (AvgIpc) is 2.26. The number of hydrogen-bond donors (Lipinski definition) is 1. The summed E-state index contributed by atoms with van der Waals surface area (Å²) in [5.41, 5.74) is 0.355. The Morgan fingerprint density at radius 2 is 1.94 bits per heavy atom. The molecule has 16 heavy (non-hydrogen) atoms. The second kappa shape index (κ2) is 5.75. The lowest BCUT2D eigenvalue weighted by atomic mass is 10.1. The molecule has 1 aromatic carbocycles. The molecule has 1 amide bonds. The number of alkyl halides is 2. The SMILES string of the molecule is C=CC(=O)N[C@H](c1ccc(Br)cc1)C(F)F. The van der Waals surface area contributed by atoms with Crippen molar-refractivity contribution in [2.24, 2.45) is 0 Å². The molecule has 0 heterocycles. The molecule has 0 unspecified atom stereocenters.